The van der Waals surface area contributed by atoms with E-state index in [4.69, 9.17) is 0 Å². The minimum atomic E-state index is -0.114. The molecule has 2 heterocycles. The molecule has 3 rings (SSSR count). The number of unbranched alkanes of at least 4 members (excludes halogenated alkanes) is 2. The van der Waals surface area contributed by atoms with Crippen LogP contribution in [0.2, 0.25) is 0 Å². The number of hydrogen-bond acceptors (Lipinski definition) is 4. The highest BCUT2D eigenvalue weighted by Gasteiger charge is 2.27. The Hall–Kier alpha value is -1.92. The van der Waals surface area contributed by atoms with Gasteiger partial charge in [0.15, 0.2) is 5.69 Å². The SMILES string of the molecule is CCCCCn1nc(C(=O)N2CCNCC2C)c2ccccc2c1=O.Cl. The molecule has 1 saturated heterocycles. The second kappa shape index (κ2) is 9.14. The predicted molar refractivity (Wildman–Crippen MR) is 106 cm³/mol. The molecule has 0 bridgehead atoms. The topological polar surface area (TPSA) is 67.2 Å². The smallest absolute Gasteiger partial charge is 0.275 e. The van der Waals surface area contributed by atoms with Crippen LogP contribution in [-0.4, -0.2) is 46.3 Å². The highest BCUT2D eigenvalue weighted by atomic mass is 35.5. The summed E-state index contributed by atoms with van der Waals surface area (Å²) in [5.74, 6) is -0.0885. The van der Waals surface area contributed by atoms with Gasteiger partial charge in [-0.15, -0.1) is 12.4 Å². The number of carbonyl (C=O) groups is 1. The molecule has 0 spiro atoms. The van der Waals surface area contributed by atoms with Crippen molar-refractivity contribution < 1.29 is 4.79 Å². The lowest BCUT2D eigenvalue weighted by atomic mass is 10.1. The normalized spacial score (nSPS) is 17.2. The van der Waals surface area contributed by atoms with E-state index in [2.05, 4.69) is 17.3 Å². The van der Waals surface area contributed by atoms with Crippen LogP contribution in [-0.2, 0) is 6.54 Å². The molecule has 0 radical (unpaired) electrons. The van der Waals surface area contributed by atoms with E-state index in [-0.39, 0.29) is 29.9 Å². The Labute approximate surface area is 160 Å². The molecule has 1 N–H and O–H groups in total. The first kappa shape index (κ1) is 20.4. The standard InChI is InChI=1S/C19H26N4O2.ClH/c1-3-4-7-11-23-18(24)16-9-6-5-8-15(16)17(21-23)19(25)22-12-10-20-13-14(22)2;/h5-6,8-9,14,20H,3-4,7,10-13H2,1-2H3;1H. The molecular formula is C19H27ClN4O2. The van der Waals surface area contributed by atoms with Crippen LogP contribution in [0.3, 0.4) is 0 Å². The third kappa shape index (κ3) is 4.07. The average Bonchev–Trinajstić information content (AvgIpc) is 2.64. The maximum absolute atomic E-state index is 13.1. The summed E-state index contributed by atoms with van der Waals surface area (Å²) in [7, 11) is 0. The number of benzene rings is 1. The number of nitrogens with zero attached hydrogens (tertiary/aromatic N) is 3. The molecule has 7 heteroatoms. The predicted octanol–water partition coefficient (Wildman–Crippen LogP) is 2.44. The number of fused-ring (bicyclic) bond motifs is 1. The maximum atomic E-state index is 13.1. The van der Waals surface area contributed by atoms with E-state index in [1.165, 1.54) is 4.68 Å². The molecule has 26 heavy (non-hydrogen) atoms. The van der Waals surface area contributed by atoms with Crippen molar-refractivity contribution in [2.24, 2.45) is 0 Å². The van der Waals surface area contributed by atoms with Gasteiger partial charge in [0.25, 0.3) is 11.5 Å². The average molecular weight is 379 g/mol. The summed E-state index contributed by atoms with van der Waals surface area (Å²) in [5.41, 5.74) is 0.275. The highest BCUT2D eigenvalue weighted by molar-refractivity contribution is 6.04. The Kier molecular flexibility index (Phi) is 7.17. The molecule has 1 atom stereocenters. The van der Waals surface area contributed by atoms with E-state index >= 15 is 0 Å². The number of halogens is 1. The van der Waals surface area contributed by atoms with E-state index in [0.717, 1.165) is 32.4 Å². The van der Waals surface area contributed by atoms with Crippen LogP contribution in [0.25, 0.3) is 10.8 Å². The minimum Gasteiger partial charge on any atom is -0.332 e. The Bertz CT molecular complexity index is 821. The first-order chi connectivity index (χ1) is 12.1. The first-order valence-electron chi connectivity index (χ1n) is 9.15. The fourth-order valence-electron chi connectivity index (χ4n) is 3.34. The van der Waals surface area contributed by atoms with Gasteiger partial charge in [-0.1, -0.05) is 38.0 Å². The second-order valence-electron chi connectivity index (χ2n) is 6.68. The number of aryl methyl sites for hydroxylation is 1. The lowest BCUT2D eigenvalue weighted by molar-refractivity contribution is 0.0649. The number of nitrogens with one attached hydrogen (secondary N) is 1. The van der Waals surface area contributed by atoms with Gasteiger partial charge in [0, 0.05) is 37.6 Å². The summed E-state index contributed by atoms with van der Waals surface area (Å²) in [6, 6.07) is 7.40. The lowest BCUT2D eigenvalue weighted by Crippen LogP contribution is -2.52. The third-order valence-corrected chi connectivity index (χ3v) is 4.81. The zero-order valence-corrected chi connectivity index (χ0v) is 16.2. The minimum absolute atomic E-state index is 0. The van der Waals surface area contributed by atoms with Crippen LogP contribution < -0.4 is 10.9 Å². The Morgan fingerprint density at radius 3 is 2.69 bits per heavy atom. The second-order valence-corrected chi connectivity index (χ2v) is 6.68. The van der Waals surface area contributed by atoms with Gasteiger partial charge in [-0.25, -0.2) is 4.68 Å². The van der Waals surface area contributed by atoms with Gasteiger partial charge in [0.1, 0.15) is 0 Å². The monoisotopic (exact) mass is 378 g/mol. The molecule has 1 unspecified atom stereocenters. The summed E-state index contributed by atoms with van der Waals surface area (Å²) < 4.78 is 1.47. The van der Waals surface area contributed by atoms with Crippen LogP contribution in [0, 0.1) is 0 Å². The fraction of sp³-hybridized carbons (Fsp3) is 0.526. The Morgan fingerprint density at radius 1 is 1.27 bits per heavy atom. The summed E-state index contributed by atoms with van der Waals surface area (Å²) in [4.78, 5) is 27.7. The van der Waals surface area contributed by atoms with Crippen molar-refractivity contribution in [3.63, 3.8) is 0 Å². The van der Waals surface area contributed by atoms with Gasteiger partial charge in [-0.2, -0.15) is 5.10 Å². The summed E-state index contributed by atoms with van der Waals surface area (Å²) in [5, 5.41) is 8.99. The van der Waals surface area contributed by atoms with Gasteiger partial charge >= 0.3 is 0 Å². The van der Waals surface area contributed by atoms with E-state index in [9.17, 15) is 9.59 Å². The molecular weight excluding hydrogens is 352 g/mol. The van der Waals surface area contributed by atoms with E-state index < -0.39 is 0 Å². The van der Waals surface area contributed by atoms with Gasteiger partial charge in [-0.05, 0) is 19.4 Å². The van der Waals surface area contributed by atoms with E-state index in [0.29, 0.717) is 29.6 Å². The van der Waals surface area contributed by atoms with Crippen LogP contribution >= 0.6 is 12.4 Å². The van der Waals surface area contributed by atoms with Crippen molar-refractivity contribution >= 4 is 29.1 Å². The number of hydrogen-bond donors (Lipinski definition) is 1. The molecule has 2 aromatic rings. The van der Waals surface area contributed by atoms with Crippen molar-refractivity contribution in [3.05, 3.63) is 40.3 Å². The number of rotatable bonds is 5. The first-order valence-corrected chi connectivity index (χ1v) is 9.15. The van der Waals surface area contributed by atoms with Crippen molar-refractivity contribution in [3.8, 4) is 0 Å². The summed E-state index contributed by atoms with van der Waals surface area (Å²) >= 11 is 0. The van der Waals surface area contributed by atoms with E-state index in [1.54, 1.807) is 6.07 Å². The van der Waals surface area contributed by atoms with Crippen LogP contribution in [0.1, 0.15) is 43.6 Å². The molecule has 0 saturated carbocycles. The molecule has 1 fully saturated rings. The summed E-state index contributed by atoms with van der Waals surface area (Å²) in [6.07, 6.45) is 3.00. The van der Waals surface area contributed by atoms with Gasteiger partial charge in [-0.3, -0.25) is 9.59 Å². The summed E-state index contributed by atoms with van der Waals surface area (Å²) in [6.45, 7) is 6.92. The van der Waals surface area contributed by atoms with Gasteiger partial charge < -0.3 is 10.2 Å². The fourth-order valence-corrected chi connectivity index (χ4v) is 3.34. The number of carbonyl (C=O) groups excluding carboxylic acids is 1. The Morgan fingerprint density at radius 2 is 2.00 bits per heavy atom. The highest BCUT2D eigenvalue weighted by Crippen LogP contribution is 2.17. The molecule has 6 nitrogen and oxygen atoms in total. The van der Waals surface area contributed by atoms with Gasteiger partial charge in [0.2, 0.25) is 0 Å². The molecule has 1 amide bonds. The van der Waals surface area contributed by atoms with Crippen molar-refractivity contribution in [2.45, 2.75) is 45.7 Å². The molecule has 1 aromatic heterocycles. The third-order valence-electron chi connectivity index (χ3n) is 4.81. The lowest BCUT2D eigenvalue weighted by Gasteiger charge is -2.33. The van der Waals surface area contributed by atoms with Crippen molar-refractivity contribution in [2.75, 3.05) is 19.6 Å². The molecule has 0 aliphatic carbocycles. The maximum Gasteiger partial charge on any atom is 0.275 e. The molecule has 1 aliphatic rings. The van der Waals surface area contributed by atoms with Crippen LogP contribution in [0.4, 0.5) is 0 Å². The molecule has 1 aromatic carbocycles. The Balaban J connectivity index is 0.00000243. The number of aromatic nitrogens is 2. The number of amides is 1. The largest absolute Gasteiger partial charge is 0.332 e. The zero-order chi connectivity index (χ0) is 17.8. The van der Waals surface area contributed by atoms with Crippen LogP contribution in [0.15, 0.2) is 29.1 Å². The quantitative estimate of drug-likeness (QED) is 0.811. The molecule has 1 aliphatic heterocycles. The van der Waals surface area contributed by atoms with Crippen molar-refractivity contribution in [1.82, 2.24) is 20.0 Å². The van der Waals surface area contributed by atoms with E-state index in [1.807, 2.05) is 30.0 Å². The van der Waals surface area contributed by atoms with Crippen molar-refractivity contribution in [1.29, 1.82) is 0 Å². The van der Waals surface area contributed by atoms with Crippen LogP contribution in [0.5, 0.6) is 0 Å². The molecule has 142 valence electrons. The van der Waals surface area contributed by atoms with Gasteiger partial charge in [0.05, 0.1) is 5.39 Å². The number of piperazine rings is 1. The zero-order valence-electron chi connectivity index (χ0n) is 15.4.